The highest BCUT2D eigenvalue weighted by atomic mass is 16.5. The smallest absolute Gasteiger partial charge is 0.340 e. The van der Waals surface area contributed by atoms with Crippen LogP contribution in [0.1, 0.15) is 35.7 Å². The molecule has 2 aliphatic heterocycles. The first-order valence-corrected chi connectivity index (χ1v) is 9.09. The van der Waals surface area contributed by atoms with Gasteiger partial charge in [0.2, 0.25) is 0 Å². The Hall–Kier alpha value is -2.93. The van der Waals surface area contributed by atoms with Gasteiger partial charge in [-0.15, -0.1) is 0 Å². The minimum absolute atomic E-state index is 0.0310. The van der Waals surface area contributed by atoms with Crippen LogP contribution in [0.5, 0.6) is 0 Å². The van der Waals surface area contributed by atoms with Crippen LogP contribution in [0.15, 0.2) is 41.1 Å². The molecule has 7 heteroatoms. The van der Waals surface area contributed by atoms with Gasteiger partial charge in [-0.3, -0.25) is 4.79 Å². The lowest BCUT2D eigenvalue weighted by atomic mass is 10.0. The molecule has 1 amide bonds. The average molecular weight is 385 g/mol. The number of allylic oxidation sites excluding steroid dienone is 1. The van der Waals surface area contributed by atoms with Crippen LogP contribution < -0.4 is 0 Å². The molecule has 0 bridgehead atoms. The molecule has 1 aromatic rings. The highest BCUT2D eigenvalue weighted by molar-refractivity contribution is 6.16. The summed E-state index contributed by atoms with van der Waals surface area (Å²) in [4.78, 5) is 38.5. The third-order valence-electron chi connectivity index (χ3n) is 4.95. The monoisotopic (exact) mass is 385 g/mol. The number of carbonyl (C=O) groups is 3. The summed E-state index contributed by atoms with van der Waals surface area (Å²) < 4.78 is 15.2. The summed E-state index contributed by atoms with van der Waals surface area (Å²) in [5, 5.41) is 0. The maximum absolute atomic E-state index is 13.0. The van der Waals surface area contributed by atoms with Crippen molar-refractivity contribution in [2.45, 2.75) is 25.9 Å². The molecule has 2 heterocycles. The van der Waals surface area contributed by atoms with E-state index in [1.165, 1.54) is 14.2 Å². The second kappa shape index (κ2) is 8.39. The lowest BCUT2D eigenvalue weighted by Gasteiger charge is -2.21. The molecule has 0 spiro atoms. The second-order valence-corrected chi connectivity index (χ2v) is 6.67. The SMILES string of the molecule is COC(=O)C1=C(C)N(CC2CCCO2)C(=O)C1=Cc1ccc(C(=O)OC)cc1. The van der Waals surface area contributed by atoms with E-state index in [1.807, 2.05) is 0 Å². The molecule has 1 saturated heterocycles. The second-order valence-electron chi connectivity index (χ2n) is 6.67. The third-order valence-corrected chi connectivity index (χ3v) is 4.95. The van der Waals surface area contributed by atoms with Crippen molar-refractivity contribution < 1.29 is 28.6 Å². The molecule has 3 rings (SSSR count). The van der Waals surface area contributed by atoms with Gasteiger partial charge >= 0.3 is 11.9 Å². The van der Waals surface area contributed by atoms with Crippen LogP contribution in [0.25, 0.3) is 6.08 Å². The van der Waals surface area contributed by atoms with Gasteiger partial charge in [-0.1, -0.05) is 12.1 Å². The Morgan fingerprint density at radius 1 is 1.18 bits per heavy atom. The number of rotatable bonds is 5. The molecule has 1 atom stereocenters. The molecular formula is C21H23NO6. The number of methoxy groups -OCH3 is 2. The summed E-state index contributed by atoms with van der Waals surface area (Å²) >= 11 is 0. The molecule has 148 valence electrons. The first kappa shape index (κ1) is 19.8. The van der Waals surface area contributed by atoms with Crippen LogP contribution in [0.3, 0.4) is 0 Å². The van der Waals surface area contributed by atoms with Crippen LogP contribution in [0, 0.1) is 0 Å². The van der Waals surface area contributed by atoms with E-state index in [0.717, 1.165) is 12.8 Å². The number of hydrogen-bond donors (Lipinski definition) is 0. The van der Waals surface area contributed by atoms with Crippen LogP contribution in [-0.2, 0) is 23.8 Å². The molecule has 0 radical (unpaired) electrons. The average Bonchev–Trinajstić information content (AvgIpc) is 3.30. The van der Waals surface area contributed by atoms with Gasteiger partial charge in [0.05, 0.1) is 43.6 Å². The molecule has 1 unspecified atom stereocenters. The van der Waals surface area contributed by atoms with E-state index < -0.39 is 11.9 Å². The van der Waals surface area contributed by atoms with Gasteiger partial charge in [0.15, 0.2) is 0 Å². The Labute approximate surface area is 163 Å². The quantitative estimate of drug-likeness (QED) is 0.572. The minimum Gasteiger partial charge on any atom is -0.465 e. The van der Waals surface area contributed by atoms with E-state index in [2.05, 4.69) is 4.74 Å². The third kappa shape index (κ3) is 3.84. The number of amides is 1. The Kier molecular flexibility index (Phi) is 5.94. The van der Waals surface area contributed by atoms with Crippen molar-refractivity contribution in [2.24, 2.45) is 0 Å². The standard InChI is InChI=1S/C21H23NO6/c1-13-18(21(25)27-3)17(19(23)22(13)12-16-5-4-10-28-16)11-14-6-8-15(9-7-14)20(24)26-2/h6-9,11,16H,4-5,10,12H2,1-3H3. The molecule has 0 aliphatic carbocycles. The fraction of sp³-hybridized carbons (Fsp3) is 0.381. The lowest BCUT2D eigenvalue weighted by Crippen LogP contribution is -2.33. The van der Waals surface area contributed by atoms with Gasteiger partial charge in [0, 0.05) is 12.3 Å². The van der Waals surface area contributed by atoms with E-state index in [0.29, 0.717) is 30.0 Å². The molecule has 28 heavy (non-hydrogen) atoms. The first-order chi connectivity index (χ1) is 13.5. The van der Waals surface area contributed by atoms with Crippen molar-refractivity contribution in [3.05, 3.63) is 52.2 Å². The summed E-state index contributed by atoms with van der Waals surface area (Å²) in [6.07, 6.45) is 3.46. The molecule has 0 saturated carbocycles. The molecule has 0 aromatic heterocycles. The van der Waals surface area contributed by atoms with E-state index in [-0.39, 0.29) is 23.2 Å². The molecule has 2 aliphatic rings. The van der Waals surface area contributed by atoms with E-state index in [4.69, 9.17) is 9.47 Å². The molecule has 1 aromatic carbocycles. The Bertz CT molecular complexity index is 846. The Morgan fingerprint density at radius 3 is 2.43 bits per heavy atom. The van der Waals surface area contributed by atoms with Gasteiger partial charge in [0.1, 0.15) is 0 Å². The summed E-state index contributed by atoms with van der Waals surface area (Å²) in [6, 6.07) is 6.60. The first-order valence-electron chi connectivity index (χ1n) is 9.09. The number of hydrogen-bond acceptors (Lipinski definition) is 6. The summed E-state index contributed by atoms with van der Waals surface area (Å²) in [6.45, 7) is 2.83. The van der Waals surface area contributed by atoms with Gasteiger partial charge in [-0.2, -0.15) is 0 Å². The lowest BCUT2D eigenvalue weighted by molar-refractivity contribution is -0.136. The number of esters is 2. The van der Waals surface area contributed by atoms with Crippen LogP contribution >= 0.6 is 0 Å². The van der Waals surface area contributed by atoms with Crippen LogP contribution in [0.2, 0.25) is 0 Å². The van der Waals surface area contributed by atoms with Gasteiger partial charge in [0.25, 0.3) is 5.91 Å². The number of nitrogens with zero attached hydrogens (tertiary/aromatic N) is 1. The van der Waals surface area contributed by atoms with Crippen molar-refractivity contribution >= 4 is 23.9 Å². The van der Waals surface area contributed by atoms with Crippen molar-refractivity contribution in [3.8, 4) is 0 Å². The van der Waals surface area contributed by atoms with Crippen LogP contribution in [0.4, 0.5) is 0 Å². The summed E-state index contributed by atoms with van der Waals surface area (Å²) in [5.74, 6) is -1.26. The maximum Gasteiger partial charge on any atom is 0.340 e. The highest BCUT2D eigenvalue weighted by Gasteiger charge is 2.38. The zero-order valence-corrected chi connectivity index (χ0v) is 16.2. The topological polar surface area (TPSA) is 82.1 Å². The predicted molar refractivity (Wildman–Crippen MR) is 101 cm³/mol. The Balaban J connectivity index is 1.93. The fourth-order valence-corrected chi connectivity index (χ4v) is 3.44. The minimum atomic E-state index is -0.557. The summed E-state index contributed by atoms with van der Waals surface area (Å²) in [7, 11) is 2.60. The van der Waals surface area contributed by atoms with E-state index >= 15 is 0 Å². The largest absolute Gasteiger partial charge is 0.465 e. The van der Waals surface area contributed by atoms with E-state index in [1.54, 1.807) is 42.2 Å². The zero-order valence-electron chi connectivity index (χ0n) is 16.2. The van der Waals surface area contributed by atoms with Gasteiger partial charge in [-0.25, -0.2) is 9.59 Å². The van der Waals surface area contributed by atoms with Crippen molar-refractivity contribution in [1.82, 2.24) is 4.90 Å². The van der Waals surface area contributed by atoms with Crippen molar-refractivity contribution in [3.63, 3.8) is 0 Å². The number of benzene rings is 1. The Morgan fingerprint density at radius 2 is 1.86 bits per heavy atom. The molecular weight excluding hydrogens is 362 g/mol. The molecule has 0 N–H and O–H groups in total. The fourth-order valence-electron chi connectivity index (χ4n) is 3.44. The normalized spacial score (nSPS) is 20.8. The predicted octanol–water partition coefficient (Wildman–Crippen LogP) is 2.32. The van der Waals surface area contributed by atoms with Crippen molar-refractivity contribution in [2.75, 3.05) is 27.4 Å². The zero-order chi connectivity index (χ0) is 20.3. The van der Waals surface area contributed by atoms with Crippen molar-refractivity contribution in [1.29, 1.82) is 0 Å². The number of carbonyl (C=O) groups excluding carboxylic acids is 3. The van der Waals surface area contributed by atoms with Crippen LogP contribution in [-0.4, -0.2) is 56.2 Å². The van der Waals surface area contributed by atoms with Gasteiger partial charge in [-0.05, 0) is 43.5 Å². The number of ether oxygens (including phenoxy) is 3. The molecule has 7 nitrogen and oxygen atoms in total. The molecule has 1 fully saturated rings. The van der Waals surface area contributed by atoms with Gasteiger partial charge < -0.3 is 19.1 Å². The highest BCUT2D eigenvalue weighted by Crippen LogP contribution is 2.32. The van der Waals surface area contributed by atoms with E-state index in [9.17, 15) is 14.4 Å². The summed E-state index contributed by atoms with van der Waals surface area (Å²) in [5.41, 5.74) is 2.17. The maximum atomic E-state index is 13.0.